The minimum Gasteiger partial charge on any atom is -0.478 e. The number of aromatic carboxylic acids is 1. The minimum absolute atomic E-state index is 0.0108. The van der Waals surface area contributed by atoms with E-state index in [1.54, 1.807) is 13.8 Å². The number of azo groups is 1. The SMILES string of the molecule is CC1=NN(c2ccc(C(C)(C)C)cc2)C(=O)C1N=Nc1c(C)[nH]n(-c2ccc(C(=O)O)cc2)c1=O. The van der Waals surface area contributed by atoms with Crippen LogP contribution in [0.15, 0.2) is 68.7 Å². The van der Waals surface area contributed by atoms with E-state index in [2.05, 4.69) is 41.2 Å². The summed E-state index contributed by atoms with van der Waals surface area (Å²) in [7, 11) is 0. The second-order valence-electron chi connectivity index (χ2n) is 9.38. The van der Waals surface area contributed by atoms with E-state index in [-0.39, 0.29) is 22.6 Å². The van der Waals surface area contributed by atoms with E-state index in [0.717, 1.165) is 5.56 Å². The molecule has 35 heavy (non-hydrogen) atoms. The number of hydrogen-bond acceptors (Lipinski definition) is 6. The lowest BCUT2D eigenvalue weighted by molar-refractivity contribution is -0.117. The summed E-state index contributed by atoms with van der Waals surface area (Å²) in [5.41, 5.74) is 2.83. The van der Waals surface area contributed by atoms with Gasteiger partial charge in [-0.25, -0.2) is 9.48 Å². The molecule has 2 aromatic carbocycles. The van der Waals surface area contributed by atoms with E-state index in [9.17, 15) is 14.4 Å². The molecule has 1 unspecified atom stereocenters. The van der Waals surface area contributed by atoms with Crippen LogP contribution in [0.5, 0.6) is 0 Å². The maximum Gasteiger partial charge on any atom is 0.335 e. The van der Waals surface area contributed by atoms with Crippen LogP contribution >= 0.6 is 0 Å². The first-order chi connectivity index (χ1) is 16.5. The smallest absolute Gasteiger partial charge is 0.335 e. The molecule has 2 N–H and O–H groups in total. The molecule has 0 saturated carbocycles. The average molecular weight is 475 g/mol. The first-order valence-corrected chi connectivity index (χ1v) is 11.0. The first kappa shape index (κ1) is 23.8. The standard InChI is InChI=1S/C25H26N6O4/c1-14-20(22(32)30(28-14)18-10-6-16(7-11-18)24(34)35)26-27-21-15(2)29-31(23(21)33)19-12-8-17(9-13-19)25(3,4)5/h6-13,21,28H,1-5H3,(H,34,35). The molecule has 0 saturated heterocycles. The Morgan fingerprint density at radius 3 is 2.17 bits per heavy atom. The molecule has 2 heterocycles. The van der Waals surface area contributed by atoms with Crippen LogP contribution in [0.3, 0.4) is 0 Å². The molecule has 180 valence electrons. The summed E-state index contributed by atoms with van der Waals surface area (Å²) in [6.07, 6.45) is 0. The highest BCUT2D eigenvalue weighted by Crippen LogP contribution is 2.28. The van der Waals surface area contributed by atoms with Crippen LogP contribution in [0.25, 0.3) is 5.69 Å². The number of amides is 1. The normalized spacial score (nSPS) is 16.3. The highest BCUT2D eigenvalue weighted by Gasteiger charge is 2.35. The number of carbonyl (C=O) groups excluding carboxylic acids is 1. The number of carboxylic acids is 1. The molecule has 1 atom stereocenters. The third kappa shape index (κ3) is 4.54. The average Bonchev–Trinajstić information content (AvgIpc) is 3.26. The van der Waals surface area contributed by atoms with Crippen LogP contribution in [-0.2, 0) is 10.2 Å². The third-order valence-electron chi connectivity index (χ3n) is 5.76. The van der Waals surface area contributed by atoms with Gasteiger partial charge in [0.1, 0.15) is 0 Å². The minimum atomic E-state index is -1.06. The number of anilines is 1. The van der Waals surface area contributed by atoms with Crippen molar-refractivity contribution in [2.75, 3.05) is 5.01 Å². The summed E-state index contributed by atoms with van der Waals surface area (Å²) in [5.74, 6) is -1.41. The van der Waals surface area contributed by atoms with Crippen molar-refractivity contribution in [3.63, 3.8) is 0 Å². The predicted molar refractivity (Wildman–Crippen MR) is 132 cm³/mol. The zero-order valence-corrected chi connectivity index (χ0v) is 20.1. The fourth-order valence-corrected chi connectivity index (χ4v) is 3.68. The van der Waals surface area contributed by atoms with Crippen molar-refractivity contribution in [2.45, 2.75) is 46.1 Å². The number of aryl methyl sites for hydroxylation is 1. The van der Waals surface area contributed by atoms with Gasteiger partial charge in [-0.1, -0.05) is 32.9 Å². The van der Waals surface area contributed by atoms with Gasteiger partial charge >= 0.3 is 5.97 Å². The number of carboxylic acid groups (broad SMARTS) is 1. The highest BCUT2D eigenvalue weighted by molar-refractivity contribution is 6.18. The van der Waals surface area contributed by atoms with Crippen LogP contribution in [0, 0.1) is 6.92 Å². The number of nitrogens with zero attached hydrogens (tertiary/aromatic N) is 5. The molecule has 0 spiro atoms. The van der Waals surface area contributed by atoms with Crippen molar-refractivity contribution in [1.29, 1.82) is 0 Å². The lowest BCUT2D eigenvalue weighted by Gasteiger charge is -2.20. The molecule has 0 radical (unpaired) electrons. The van der Waals surface area contributed by atoms with E-state index in [1.807, 2.05) is 24.3 Å². The van der Waals surface area contributed by atoms with Gasteiger partial charge in [0.05, 0.1) is 28.3 Å². The molecular formula is C25H26N6O4. The zero-order chi connectivity index (χ0) is 25.5. The fourth-order valence-electron chi connectivity index (χ4n) is 3.68. The number of benzene rings is 2. The van der Waals surface area contributed by atoms with Gasteiger partial charge in [-0.2, -0.15) is 15.2 Å². The Labute approximate surface area is 201 Å². The van der Waals surface area contributed by atoms with Gasteiger partial charge in [0.2, 0.25) is 0 Å². The summed E-state index contributed by atoms with van der Waals surface area (Å²) in [6, 6.07) is 12.5. The van der Waals surface area contributed by atoms with Crippen molar-refractivity contribution in [3.05, 3.63) is 75.7 Å². The monoisotopic (exact) mass is 474 g/mol. The van der Waals surface area contributed by atoms with Gasteiger partial charge in [-0.05, 0) is 61.2 Å². The molecule has 1 aliphatic rings. The molecule has 10 heteroatoms. The van der Waals surface area contributed by atoms with Gasteiger partial charge in [-0.3, -0.25) is 14.7 Å². The van der Waals surface area contributed by atoms with E-state index in [0.29, 0.717) is 22.8 Å². The Morgan fingerprint density at radius 2 is 1.60 bits per heavy atom. The van der Waals surface area contributed by atoms with Gasteiger partial charge in [0, 0.05) is 0 Å². The molecule has 1 aliphatic heterocycles. The lowest BCUT2D eigenvalue weighted by atomic mass is 9.87. The van der Waals surface area contributed by atoms with Crippen molar-refractivity contribution in [3.8, 4) is 5.69 Å². The number of hydrazone groups is 1. The molecule has 1 amide bonds. The summed E-state index contributed by atoms with van der Waals surface area (Å²) in [6.45, 7) is 9.70. The topological polar surface area (TPSA) is 132 Å². The quantitative estimate of drug-likeness (QED) is 0.532. The summed E-state index contributed by atoms with van der Waals surface area (Å²) < 4.78 is 1.25. The van der Waals surface area contributed by atoms with Gasteiger partial charge < -0.3 is 5.11 Å². The number of aromatic amines is 1. The molecule has 0 bridgehead atoms. The van der Waals surface area contributed by atoms with E-state index < -0.39 is 17.6 Å². The molecular weight excluding hydrogens is 448 g/mol. The molecule has 10 nitrogen and oxygen atoms in total. The molecule has 0 aliphatic carbocycles. The second-order valence-corrected chi connectivity index (χ2v) is 9.38. The Balaban J connectivity index is 1.56. The number of aromatic nitrogens is 2. The van der Waals surface area contributed by atoms with Crippen molar-refractivity contribution in [1.82, 2.24) is 9.78 Å². The number of H-pyrrole nitrogens is 1. The molecule has 1 aromatic heterocycles. The Hall–Kier alpha value is -4.34. The lowest BCUT2D eigenvalue weighted by Crippen LogP contribution is -2.29. The number of rotatable bonds is 5. The number of hydrogen-bond donors (Lipinski definition) is 2. The fraction of sp³-hybridized carbons (Fsp3) is 0.280. The van der Waals surface area contributed by atoms with Gasteiger partial charge in [0.25, 0.3) is 11.5 Å². The van der Waals surface area contributed by atoms with Crippen molar-refractivity contribution < 1.29 is 14.7 Å². The summed E-state index contributed by atoms with van der Waals surface area (Å²) in [4.78, 5) is 37.0. The van der Waals surface area contributed by atoms with Crippen LogP contribution in [0.4, 0.5) is 11.4 Å². The van der Waals surface area contributed by atoms with E-state index in [1.165, 1.54) is 34.0 Å². The third-order valence-corrected chi connectivity index (χ3v) is 5.76. The van der Waals surface area contributed by atoms with Gasteiger partial charge in [-0.15, -0.1) is 5.11 Å². The number of nitrogens with one attached hydrogen (secondary N) is 1. The molecule has 0 fully saturated rings. The largest absolute Gasteiger partial charge is 0.478 e. The van der Waals surface area contributed by atoms with E-state index >= 15 is 0 Å². The molecule has 3 aromatic rings. The Morgan fingerprint density at radius 1 is 1.00 bits per heavy atom. The second kappa shape index (κ2) is 8.79. The Bertz CT molecular complexity index is 1410. The Kier molecular flexibility index (Phi) is 5.98. The maximum atomic E-state index is 13.0. The van der Waals surface area contributed by atoms with Crippen molar-refractivity contribution >= 4 is 29.0 Å². The zero-order valence-electron chi connectivity index (χ0n) is 20.1. The highest BCUT2D eigenvalue weighted by atomic mass is 16.4. The van der Waals surface area contributed by atoms with Gasteiger partial charge in [0.15, 0.2) is 11.7 Å². The maximum absolute atomic E-state index is 13.0. The van der Waals surface area contributed by atoms with Crippen LogP contribution in [0.1, 0.15) is 49.3 Å². The van der Waals surface area contributed by atoms with E-state index in [4.69, 9.17) is 5.11 Å². The number of carbonyl (C=O) groups is 2. The summed E-state index contributed by atoms with van der Waals surface area (Å²) >= 11 is 0. The predicted octanol–water partition coefficient (Wildman–Crippen LogP) is 4.34. The van der Waals surface area contributed by atoms with Crippen LogP contribution in [0.2, 0.25) is 0 Å². The van der Waals surface area contributed by atoms with Crippen LogP contribution in [-0.4, -0.2) is 38.5 Å². The first-order valence-electron chi connectivity index (χ1n) is 11.0. The van der Waals surface area contributed by atoms with Crippen LogP contribution < -0.4 is 10.6 Å². The molecule has 4 rings (SSSR count). The summed E-state index contributed by atoms with van der Waals surface area (Å²) in [5, 5.41) is 25.9. The van der Waals surface area contributed by atoms with Crippen molar-refractivity contribution in [2.24, 2.45) is 15.3 Å².